The third-order valence-electron chi connectivity index (χ3n) is 4.19. The maximum atomic E-state index is 11.9. The van der Waals surface area contributed by atoms with Crippen molar-refractivity contribution in [3.05, 3.63) is 35.4 Å². The lowest BCUT2D eigenvalue weighted by molar-refractivity contribution is -0.121. The van der Waals surface area contributed by atoms with Gasteiger partial charge in [0.15, 0.2) is 0 Å². The van der Waals surface area contributed by atoms with E-state index in [0.29, 0.717) is 31.1 Å². The quantitative estimate of drug-likeness (QED) is 0.739. The van der Waals surface area contributed by atoms with Crippen LogP contribution in [0.1, 0.15) is 48.5 Å². The van der Waals surface area contributed by atoms with Crippen molar-refractivity contribution in [1.29, 1.82) is 0 Å². The van der Waals surface area contributed by atoms with E-state index in [9.17, 15) is 9.59 Å². The minimum atomic E-state index is -0.315. The lowest BCUT2D eigenvalue weighted by Crippen LogP contribution is -2.29. The van der Waals surface area contributed by atoms with Gasteiger partial charge in [-0.15, -0.1) is 12.4 Å². The van der Waals surface area contributed by atoms with Gasteiger partial charge in [-0.25, -0.2) is 4.79 Å². The smallest absolute Gasteiger partial charge is 0.338 e. The highest BCUT2D eigenvalue weighted by Gasteiger charge is 2.14. The highest BCUT2D eigenvalue weighted by molar-refractivity contribution is 5.89. The number of nitrogens with one attached hydrogen (secondary N) is 2. The molecule has 24 heavy (non-hydrogen) atoms. The SMILES string of the molecule is CCOC(=O)c1ccc(CNC(=O)CCC2CCNCC2)cc1.Cl. The van der Waals surface area contributed by atoms with E-state index < -0.39 is 0 Å². The molecular formula is C18H27ClN2O3. The molecular weight excluding hydrogens is 328 g/mol. The summed E-state index contributed by atoms with van der Waals surface area (Å²) in [4.78, 5) is 23.5. The summed E-state index contributed by atoms with van der Waals surface area (Å²) in [5.41, 5.74) is 1.51. The van der Waals surface area contributed by atoms with Crippen LogP contribution in [0.15, 0.2) is 24.3 Å². The van der Waals surface area contributed by atoms with Crippen molar-refractivity contribution in [2.24, 2.45) is 5.92 Å². The zero-order valence-corrected chi connectivity index (χ0v) is 15.0. The van der Waals surface area contributed by atoms with Crippen LogP contribution in [0.5, 0.6) is 0 Å². The summed E-state index contributed by atoms with van der Waals surface area (Å²) >= 11 is 0. The number of esters is 1. The van der Waals surface area contributed by atoms with E-state index in [1.165, 1.54) is 12.8 Å². The molecule has 1 aromatic rings. The van der Waals surface area contributed by atoms with Crippen LogP contribution in [-0.4, -0.2) is 31.6 Å². The summed E-state index contributed by atoms with van der Waals surface area (Å²) in [6, 6.07) is 7.15. The molecule has 0 saturated carbocycles. The fourth-order valence-corrected chi connectivity index (χ4v) is 2.77. The zero-order valence-electron chi connectivity index (χ0n) is 14.2. The standard InChI is InChI=1S/C18H26N2O3.ClH/c1-2-23-18(22)16-6-3-15(4-7-16)13-20-17(21)8-5-14-9-11-19-12-10-14;/h3-4,6-7,14,19H,2,5,8-13H2,1H3,(H,20,21);1H. The molecule has 1 aliphatic heterocycles. The first-order valence-electron chi connectivity index (χ1n) is 8.42. The highest BCUT2D eigenvalue weighted by Crippen LogP contribution is 2.17. The topological polar surface area (TPSA) is 67.4 Å². The number of halogens is 1. The maximum absolute atomic E-state index is 11.9. The fourth-order valence-electron chi connectivity index (χ4n) is 2.77. The van der Waals surface area contributed by atoms with Crippen molar-refractivity contribution in [2.75, 3.05) is 19.7 Å². The van der Waals surface area contributed by atoms with Crippen molar-refractivity contribution in [3.8, 4) is 0 Å². The maximum Gasteiger partial charge on any atom is 0.338 e. The Kier molecular flexibility index (Phi) is 9.42. The first-order chi connectivity index (χ1) is 11.2. The second kappa shape index (κ2) is 11.0. The molecule has 1 aromatic carbocycles. The molecule has 1 aliphatic rings. The van der Waals surface area contributed by atoms with Gasteiger partial charge in [0.05, 0.1) is 12.2 Å². The van der Waals surface area contributed by atoms with Gasteiger partial charge in [0, 0.05) is 13.0 Å². The predicted octanol–water partition coefficient (Wildman–Crippen LogP) is 2.68. The third-order valence-corrected chi connectivity index (χ3v) is 4.19. The van der Waals surface area contributed by atoms with Gasteiger partial charge in [-0.1, -0.05) is 12.1 Å². The number of benzene rings is 1. The molecule has 0 aliphatic carbocycles. The minimum Gasteiger partial charge on any atom is -0.462 e. The Morgan fingerprint density at radius 2 is 1.88 bits per heavy atom. The van der Waals surface area contributed by atoms with Crippen LogP contribution < -0.4 is 10.6 Å². The number of carbonyl (C=O) groups is 2. The van der Waals surface area contributed by atoms with Gasteiger partial charge in [0.25, 0.3) is 0 Å². The van der Waals surface area contributed by atoms with E-state index >= 15 is 0 Å². The van der Waals surface area contributed by atoms with E-state index in [1.54, 1.807) is 19.1 Å². The van der Waals surface area contributed by atoms with Crippen LogP contribution in [-0.2, 0) is 16.1 Å². The van der Waals surface area contributed by atoms with Gasteiger partial charge in [0.2, 0.25) is 5.91 Å². The third kappa shape index (κ3) is 6.89. The molecule has 6 heteroatoms. The van der Waals surface area contributed by atoms with Crippen LogP contribution in [0.2, 0.25) is 0 Å². The summed E-state index contributed by atoms with van der Waals surface area (Å²) in [5, 5.41) is 6.28. The summed E-state index contributed by atoms with van der Waals surface area (Å²) in [6.45, 7) is 4.78. The van der Waals surface area contributed by atoms with E-state index in [-0.39, 0.29) is 24.3 Å². The zero-order chi connectivity index (χ0) is 16.5. The van der Waals surface area contributed by atoms with Crippen LogP contribution >= 0.6 is 12.4 Å². The van der Waals surface area contributed by atoms with Gasteiger partial charge in [-0.05, 0) is 62.9 Å². The van der Waals surface area contributed by atoms with E-state index in [4.69, 9.17) is 4.74 Å². The number of rotatable bonds is 7. The number of carbonyl (C=O) groups excluding carboxylic acids is 2. The molecule has 0 unspecified atom stereocenters. The molecule has 2 N–H and O–H groups in total. The van der Waals surface area contributed by atoms with Crippen molar-refractivity contribution in [1.82, 2.24) is 10.6 Å². The largest absolute Gasteiger partial charge is 0.462 e. The summed E-state index contributed by atoms with van der Waals surface area (Å²) < 4.78 is 4.94. The molecule has 1 amide bonds. The Morgan fingerprint density at radius 1 is 1.21 bits per heavy atom. The molecule has 134 valence electrons. The Hall–Kier alpha value is -1.59. The van der Waals surface area contributed by atoms with Crippen molar-refractivity contribution < 1.29 is 14.3 Å². The van der Waals surface area contributed by atoms with Crippen LogP contribution in [0, 0.1) is 5.92 Å². The Morgan fingerprint density at radius 3 is 2.50 bits per heavy atom. The van der Waals surface area contributed by atoms with Gasteiger partial charge in [0.1, 0.15) is 0 Å². The van der Waals surface area contributed by atoms with Crippen molar-refractivity contribution in [2.45, 2.75) is 39.2 Å². The van der Waals surface area contributed by atoms with Crippen LogP contribution in [0.3, 0.4) is 0 Å². The van der Waals surface area contributed by atoms with Crippen molar-refractivity contribution in [3.63, 3.8) is 0 Å². The number of amides is 1. The number of piperidine rings is 1. The van der Waals surface area contributed by atoms with Gasteiger partial charge in [-0.3, -0.25) is 4.79 Å². The normalized spacial score (nSPS) is 14.5. The summed E-state index contributed by atoms with van der Waals surface area (Å²) in [7, 11) is 0. The molecule has 1 saturated heterocycles. The minimum absolute atomic E-state index is 0. The van der Waals surface area contributed by atoms with E-state index in [2.05, 4.69) is 10.6 Å². The van der Waals surface area contributed by atoms with Crippen LogP contribution in [0.4, 0.5) is 0 Å². The van der Waals surface area contributed by atoms with Crippen LogP contribution in [0.25, 0.3) is 0 Å². The second-order valence-corrected chi connectivity index (χ2v) is 5.93. The Balaban J connectivity index is 0.00000288. The number of hydrogen-bond acceptors (Lipinski definition) is 4. The monoisotopic (exact) mass is 354 g/mol. The summed E-state index contributed by atoms with van der Waals surface area (Å²) in [6.07, 6.45) is 3.89. The first kappa shape index (κ1) is 20.5. The van der Waals surface area contributed by atoms with E-state index in [1.807, 2.05) is 12.1 Å². The lowest BCUT2D eigenvalue weighted by Gasteiger charge is -2.22. The molecule has 5 nitrogen and oxygen atoms in total. The molecule has 0 atom stereocenters. The molecule has 0 spiro atoms. The lowest BCUT2D eigenvalue weighted by atomic mass is 9.93. The van der Waals surface area contributed by atoms with Gasteiger partial charge in [-0.2, -0.15) is 0 Å². The average molecular weight is 355 g/mol. The van der Waals surface area contributed by atoms with Crippen molar-refractivity contribution >= 4 is 24.3 Å². The molecule has 0 radical (unpaired) electrons. The molecule has 0 aromatic heterocycles. The number of ether oxygens (including phenoxy) is 1. The molecule has 1 heterocycles. The predicted molar refractivity (Wildman–Crippen MR) is 96.3 cm³/mol. The Labute approximate surface area is 149 Å². The van der Waals surface area contributed by atoms with Gasteiger partial charge < -0.3 is 15.4 Å². The average Bonchev–Trinajstić information content (AvgIpc) is 2.59. The molecule has 1 fully saturated rings. The summed E-state index contributed by atoms with van der Waals surface area (Å²) in [5.74, 6) is 0.453. The number of hydrogen-bond donors (Lipinski definition) is 2. The first-order valence-corrected chi connectivity index (χ1v) is 8.42. The highest BCUT2D eigenvalue weighted by atomic mass is 35.5. The van der Waals surface area contributed by atoms with E-state index in [0.717, 1.165) is 25.1 Å². The molecule has 0 bridgehead atoms. The van der Waals surface area contributed by atoms with Gasteiger partial charge >= 0.3 is 5.97 Å². The molecule has 2 rings (SSSR count). The second-order valence-electron chi connectivity index (χ2n) is 5.93. The Bertz CT molecular complexity index is 514. The fraction of sp³-hybridized carbons (Fsp3) is 0.556.